The van der Waals surface area contributed by atoms with Crippen molar-refractivity contribution in [3.8, 4) is 11.5 Å². The number of halogens is 1. The monoisotopic (exact) mass is 246 g/mol. The molecule has 0 amide bonds. The van der Waals surface area contributed by atoms with Crippen LogP contribution >= 0.6 is 0 Å². The second-order valence-electron chi connectivity index (χ2n) is 4.23. The predicted octanol–water partition coefficient (Wildman–Crippen LogP) is 3.98. The van der Waals surface area contributed by atoms with Crippen molar-refractivity contribution in [1.29, 1.82) is 0 Å². The number of hydrogen-bond donors (Lipinski definition) is 1. The van der Waals surface area contributed by atoms with Crippen LogP contribution in [0.15, 0.2) is 42.5 Å². The summed E-state index contributed by atoms with van der Waals surface area (Å²) in [6, 6.07) is 12.0. The Morgan fingerprint density at radius 3 is 2.39 bits per heavy atom. The molecular formula is C15H15FO2. The summed E-state index contributed by atoms with van der Waals surface area (Å²) in [4.78, 5) is 0. The van der Waals surface area contributed by atoms with Gasteiger partial charge >= 0.3 is 0 Å². The van der Waals surface area contributed by atoms with Crippen molar-refractivity contribution in [3.05, 3.63) is 59.4 Å². The van der Waals surface area contributed by atoms with Gasteiger partial charge in [-0.2, -0.15) is 0 Å². The van der Waals surface area contributed by atoms with Gasteiger partial charge in [-0.25, -0.2) is 4.39 Å². The first kappa shape index (κ1) is 12.6. The van der Waals surface area contributed by atoms with Crippen LogP contribution in [-0.2, 0) is 0 Å². The molecule has 0 aliphatic heterocycles. The van der Waals surface area contributed by atoms with Crippen LogP contribution in [0.4, 0.5) is 4.39 Å². The van der Waals surface area contributed by atoms with Gasteiger partial charge in [-0.05, 0) is 43.2 Å². The summed E-state index contributed by atoms with van der Waals surface area (Å²) in [6.45, 7) is 3.38. The molecule has 3 heteroatoms. The fraction of sp³-hybridized carbons (Fsp3) is 0.200. The van der Waals surface area contributed by atoms with Crippen LogP contribution in [0, 0.1) is 12.7 Å². The first-order valence-corrected chi connectivity index (χ1v) is 5.79. The minimum Gasteiger partial charge on any atom is -0.454 e. The molecule has 0 aliphatic rings. The fourth-order valence-corrected chi connectivity index (χ4v) is 1.64. The van der Waals surface area contributed by atoms with Crippen molar-refractivity contribution in [3.63, 3.8) is 0 Å². The molecule has 0 spiro atoms. The molecule has 2 aromatic carbocycles. The van der Waals surface area contributed by atoms with Crippen LogP contribution in [0.3, 0.4) is 0 Å². The molecule has 0 saturated carbocycles. The average Bonchev–Trinajstić information content (AvgIpc) is 2.36. The van der Waals surface area contributed by atoms with Gasteiger partial charge in [0, 0.05) is 0 Å². The van der Waals surface area contributed by atoms with Crippen molar-refractivity contribution < 1.29 is 14.2 Å². The average molecular weight is 246 g/mol. The number of aliphatic hydroxyl groups excluding tert-OH is 1. The summed E-state index contributed by atoms with van der Waals surface area (Å²) in [5, 5.41) is 9.38. The number of benzene rings is 2. The summed E-state index contributed by atoms with van der Waals surface area (Å²) in [7, 11) is 0. The Hall–Kier alpha value is -1.87. The van der Waals surface area contributed by atoms with E-state index in [0.717, 1.165) is 5.56 Å². The highest BCUT2D eigenvalue weighted by Gasteiger charge is 2.07. The fourth-order valence-electron chi connectivity index (χ4n) is 1.64. The van der Waals surface area contributed by atoms with Gasteiger partial charge in [-0.15, -0.1) is 0 Å². The lowest BCUT2D eigenvalue weighted by Gasteiger charge is -2.09. The van der Waals surface area contributed by atoms with Gasteiger partial charge in [0.25, 0.3) is 0 Å². The van der Waals surface area contributed by atoms with E-state index in [9.17, 15) is 9.50 Å². The third kappa shape index (κ3) is 2.68. The molecule has 0 heterocycles. The van der Waals surface area contributed by atoms with Crippen molar-refractivity contribution in [2.24, 2.45) is 0 Å². The molecule has 0 unspecified atom stereocenters. The van der Waals surface area contributed by atoms with E-state index in [2.05, 4.69) is 0 Å². The first-order valence-electron chi connectivity index (χ1n) is 5.79. The second kappa shape index (κ2) is 5.19. The normalized spacial score (nSPS) is 12.2. The minimum absolute atomic E-state index is 0.208. The molecule has 0 fully saturated rings. The van der Waals surface area contributed by atoms with E-state index in [4.69, 9.17) is 4.74 Å². The summed E-state index contributed by atoms with van der Waals surface area (Å²) in [6.07, 6.45) is -0.519. The minimum atomic E-state index is -0.519. The summed E-state index contributed by atoms with van der Waals surface area (Å²) in [5.74, 6) is 0.404. The summed E-state index contributed by atoms with van der Waals surface area (Å²) < 4.78 is 19.2. The van der Waals surface area contributed by atoms with Gasteiger partial charge in [0.2, 0.25) is 0 Å². The number of hydrogen-bond acceptors (Lipinski definition) is 2. The van der Waals surface area contributed by atoms with Gasteiger partial charge in [0.15, 0.2) is 11.6 Å². The molecule has 1 atom stereocenters. The zero-order valence-corrected chi connectivity index (χ0v) is 10.4. The number of ether oxygens (including phenoxy) is 1. The number of aryl methyl sites for hydroxylation is 1. The van der Waals surface area contributed by atoms with Crippen LogP contribution in [0.1, 0.15) is 24.2 Å². The molecular weight excluding hydrogens is 231 g/mol. The van der Waals surface area contributed by atoms with Crippen molar-refractivity contribution in [2.45, 2.75) is 20.0 Å². The van der Waals surface area contributed by atoms with Gasteiger partial charge in [0.1, 0.15) is 5.75 Å². The molecule has 2 rings (SSSR count). The topological polar surface area (TPSA) is 29.5 Å². The van der Waals surface area contributed by atoms with Crippen LogP contribution in [0.5, 0.6) is 11.5 Å². The lowest BCUT2D eigenvalue weighted by Crippen LogP contribution is -1.93. The summed E-state index contributed by atoms with van der Waals surface area (Å²) in [5.41, 5.74) is 1.35. The van der Waals surface area contributed by atoms with Gasteiger partial charge < -0.3 is 9.84 Å². The smallest absolute Gasteiger partial charge is 0.168 e. The predicted molar refractivity (Wildman–Crippen MR) is 68.3 cm³/mol. The van der Waals surface area contributed by atoms with E-state index in [1.54, 1.807) is 56.3 Å². The largest absolute Gasteiger partial charge is 0.454 e. The quantitative estimate of drug-likeness (QED) is 0.887. The number of rotatable bonds is 3. The molecule has 94 valence electrons. The van der Waals surface area contributed by atoms with Crippen LogP contribution in [0.2, 0.25) is 0 Å². The Labute approximate surface area is 106 Å². The Morgan fingerprint density at radius 2 is 1.78 bits per heavy atom. The standard InChI is InChI=1S/C15H15FO2/c1-10-4-3-5-14(15(10)16)18-13-8-6-12(7-9-13)11(2)17/h3-9,11,17H,1-2H3/t11-/m1/s1. The van der Waals surface area contributed by atoms with Gasteiger partial charge in [-0.3, -0.25) is 0 Å². The lowest BCUT2D eigenvalue weighted by molar-refractivity contribution is 0.199. The molecule has 0 aromatic heterocycles. The molecule has 0 saturated heterocycles. The zero-order valence-electron chi connectivity index (χ0n) is 10.4. The maximum Gasteiger partial charge on any atom is 0.168 e. The van der Waals surface area contributed by atoms with E-state index in [0.29, 0.717) is 11.3 Å². The van der Waals surface area contributed by atoms with Crippen LogP contribution < -0.4 is 4.74 Å². The second-order valence-corrected chi connectivity index (χ2v) is 4.23. The Kier molecular flexibility index (Phi) is 3.63. The highest BCUT2D eigenvalue weighted by molar-refractivity contribution is 5.36. The van der Waals surface area contributed by atoms with Gasteiger partial charge in [0.05, 0.1) is 6.10 Å². The zero-order chi connectivity index (χ0) is 13.1. The lowest BCUT2D eigenvalue weighted by atomic mass is 10.1. The number of aliphatic hydroxyl groups is 1. The third-order valence-corrected chi connectivity index (χ3v) is 2.75. The molecule has 0 radical (unpaired) electrons. The maximum absolute atomic E-state index is 13.7. The Bertz CT molecular complexity index is 533. The van der Waals surface area contributed by atoms with Gasteiger partial charge in [-0.1, -0.05) is 24.3 Å². The van der Waals surface area contributed by atoms with Crippen molar-refractivity contribution in [2.75, 3.05) is 0 Å². The third-order valence-electron chi connectivity index (χ3n) is 2.75. The summed E-state index contributed by atoms with van der Waals surface area (Å²) >= 11 is 0. The Balaban J connectivity index is 2.21. The molecule has 2 aromatic rings. The SMILES string of the molecule is Cc1cccc(Oc2ccc([C@@H](C)O)cc2)c1F. The highest BCUT2D eigenvalue weighted by atomic mass is 19.1. The molecule has 2 nitrogen and oxygen atoms in total. The van der Waals surface area contributed by atoms with E-state index in [1.807, 2.05) is 0 Å². The molecule has 1 N–H and O–H groups in total. The maximum atomic E-state index is 13.7. The van der Waals surface area contributed by atoms with Crippen molar-refractivity contribution >= 4 is 0 Å². The van der Waals surface area contributed by atoms with E-state index < -0.39 is 6.10 Å². The molecule has 0 aliphatic carbocycles. The van der Waals surface area contributed by atoms with E-state index in [1.165, 1.54) is 0 Å². The van der Waals surface area contributed by atoms with Crippen LogP contribution in [-0.4, -0.2) is 5.11 Å². The van der Waals surface area contributed by atoms with Crippen LogP contribution in [0.25, 0.3) is 0 Å². The first-order chi connectivity index (χ1) is 8.58. The van der Waals surface area contributed by atoms with E-state index in [-0.39, 0.29) is 11.6 Å². The Morgan fingerprint density at radius 1 is 1.11 bits per heavy atom. The molecule has 18 heavy (non-hydrogen) atoms. The van der Waals surface area contributed by atoms with E-state index >= 15 is 0 Å². The van der Waals surface area contributed by atoms with Crippen molar-refractivity contribution in [1.82, 2.24) is 0 Å². The highest BCUT2D eigenvalue weighted by Crippen LogP contribution is 2.27. The molecule has 0 bridgehead atoms.